The second-order valence-corrected chi connectivity index (χ2v) is 10.7. The van der Waals surface area contributed by atoms with Crippen molar-refractivity contribution < 1.29 is 9.53 Å². The maximum Gasteiger partial charge on any atom is 0.236 e. The Morgan fingerprint density at radius 3 is 2.39 bits per heavy atom. The molecular weight excluding hydrogens is 514 g/mol. The van der Waals surface area contributed by atoms with E-state index in [4.69, 9.17) is 4.74 Å². The molecule has 38 heavy (non-hydrogen) atoms. The number of methoxy groups -OCH3 is 1. The third-order valence-electron chi connectivity index (χ3n) is 6.01. The Labute approximate surface area is 229 Å². The fourth-order valence-electron chi connectivity index (χ4n) is 4.42. The molecule has 2 aromatic heterocycles. The van der Waals surface area contributed by atoms with Crippen LogP contribution in [0.2, 0.25) is 0 Å². The SMILES string of the molecule is COc1ccc(-n2c(SCC(=O)Nc3nc(-c4c(C)cc(C)cc4C)cs3)nnc2-c2ccccc2)cc1. The molecule has 0 unspecified atom stereocenters. The number of rotatable bonds is 8. The van der Waals surface area contributed by atoms with Gasteiger partial charge < -0.3 is 10.1 Å². The summed E-state index contributed by atoms with van der Waals surface area (Å²) in [6.07, 6.45) is 0. The van der Waals surface area contributed by atoms with E-state index in [-0.39, 0.29) is 11.7 Å². The van der Waals surface area contributed by atoms with Gasteiger partial charge in [0.2, 0.25) is 5.91 Å². The predicted molar refractivity (Wildman–Crippen MR) is 154 cm³/mol. The van der Waals surface area contributed by atoms with Crippen LogP contribution in [-0.4, -0.2) is 38.5 Å². The molecule has 192 valence electrons. The van der Waals surface area contributed by atoms with E-state index in [1.807, 2.05) is 64.5 Å². The first-order valence-corrected chi connectivity index (χ1v) is 13.9. The number of hydrogen-bond donors (Lipinski definition) is 1. The molecule has 0 aliphatic rings. The van der Waals surface area contributed by atoms with Crippen LogP contribution in [0.25, 0.3) is 28.3 Å². The van der Waals surface area contributed by atoms with Crippen LogP contribution in [0.3, 0.4) is 0 Å². The molecule has 1 N–H and O–H groups in total. The molecule has 0 fully saturated rings. The third-order valence-corrected chi connectivity index (χ3v) is 7.70. The van der Waals surface area contributed by atoms with Crippen LogP contribution < -0.4 is 10.1 Å². The Balaban J connectivity index is 1.34. The first-order valence-electron chi connectivity index (χ1n) is 12.0. The number of nitrogens with zero attached hydrogens (tertiary/aromatic N) is 4. The molecule has 0 aliphatic heterocycles. The van der Waals surface area contributed by atoms with Crippen LogP contribution in [0.5, 0.6) is 5.75 Å². The minimum Gasteiger partial charge on any atom is -0.497 e. The Kier molecular flexibility index (Phi) is 7.57. The lowest BCUT2D eigenvalue weighted by Gasteiger charge is -2.11. The monoisotopic (exact) mass is 541 g/mol. The van der Waals surface area contributed by atoms with Gasteiger partial charge in [0, 0.05) is 22.2 Å². The first kappa shape index (κ1) is 25.7. The smallest absolute Gasteiger partial charge is 0.236 e. The number of ether oxygens (including phenoxy) is 1. The van der Waals surface area contributed by atoms with Crippen molar-refractivity contribution in [3.8, 4) is 34.1 Å². The van der Waals surface area contributed by atoms with Gasteiger partial charge in [-0.05, 0) is 56.2 Å². The number of hydrogen-bond acceptors (Lipinski definition) is 7. The molecule has 1 amide bonds. The standard InChI is InChI=1S/C29H27N5O2S2/c1-18-14-19(2)26(20(3)15-18)24-16-37-28(30-24)31-25(35)17-38-29-33-32-27(21-8-6-5-7-9-21)34(29)22-10-12-23(36-4)13-11-22/h5-16H,17H2,1-4H3,(H,30,31,35). The highest BCUT2D eigenvalue weighted by atomic mass is 32.2. The Morgan fingerprint density at radius 2 is 1.71 bits per heavy atom. The summed E-state index contributed by atoms with van der Waals surface area (Å²) in [6.45, 7) is 6.27. The van der Waals surface area contributed by atoms with Gasteiger partial charge in [0.15, 0.2) is 16.1 Å². The van der Waals surface area contributed by atoms with E-state index < -0.39 is 0 Å². The molecule has 3 aromatic carbocycles. The lowest BCUT2D eigenvalue weighted by Crippen LogP contribution is -2.14. The zero-order valence-electron chi connectivity index (χ0n) is 21.6. The molecule has 9 heteroatoms. The highest BCUT2D eigenvalue weighted by Crippen LogP contribution is 2.32. The van der Waals surface area contributed by atoms with Crippen molar-refractivity contribution in [3.63, 3.8) is 0 Å². The van der Waals surface area contributed by atoms with Gasteiger partial charge in [0.05, 0.1) is 18.6 Å². The predicted octanol–water partition coefficient (Wildman–Crippen LogP) is 6.72. The molecule has 0 saturated heterocycles. The largest absolute Gasteiger partial charge is 0.497 e. The van der Waals surface area contributed by atoms with E-state index in [2.05, 4.69) is 53.4 Å². The molecule has 0 saturated carbocycles. The van der Waals surface area contributed by atoms with Crippen molar-refractivity contribution in [2.24, 2.45) is 0 Å². The maximum atomic E-state index is 12.9. The fraction of sp³-hybridized carbons (Fsp3) is 0.172. The molecule has 7 nitrogen and oxygen atoms in total. The molecule has 0 radical (unpaired) electrons. The normalized spacial score (nSPS) is 10.9. The highest BCUT2D eigenvalue weighted by molar-refractivity contribution is 7.99. The summed E-state index contributed by atoms with van der Waals surface area (Å²) in [5.74, 6) is 1.47. The van der Waals surface area contributed by atoms with E-state index in [0.29, 0.717) is 16.1 Å². The Bertz CT molecular complexity index is 1550. The topological polar surface area (TPSA) is 81.9 Å². The van der Waals surface area contributed by atoms with Gasteiger partial charge in [-0.3, -0.25) is 9.36 Å². The van der Waals surface area contributed by atoms with E-state index in [1.165, 1.54) is 39.8 Å². The number of thioether (sulfide) groups is 1. The lowest BCUT2D eigenvalue weighted by molar-refractivity contribution is -0.113. The number of amides is 1. The molecule has 5 rings (SSSR count). The quantitative estimate of drug-likeness (QED) is 0.220. The minimum absolute atomic E-state index is 0.154. The van der Waals surface area contributed by atoms with Gasteiger partial charge in [-0.2, -0.15) is 0 Å². The zero-order chi connectivity index (χ0) is 26.6. The van der Waals surface area contributed by atoms with Crippen LogP contribution in [0.1, 0.15) is 16.7 Å². The fourth-order valence-corrected chi connectivity index (χ4v) is 5.89. The molecule has 5 aromatic rings. The van der Waals surface area contributed by atoms with Crippen LogP contribution in [0.15, 0.2) is 77.3 Å². The summed E-state index contributed by atoms with van der Waals surface area (Å²) in [5, 5.41) is 15.0. The van der Waals surface area contributed by atoms with Crippen molar-refractivity contribution in [2.45, 2.75) is 25.9 Å². The maximum absolute atomic E-state index is 12.9. The van der Waals surface area contributed by atoms with E-state index in [1.54, 1.807) is 7.11 Å². The zero-order valence-corrected chi connectivity index (χ0v) is 23.2. The van der Waals surface area contributed by atoms with E-state index >= 15 is 0 Å². The second-order valence-electron chi connectivity index (χ2n) is 8.85. The van der Waals surface area contributed by atoms with Crippen LogP contribution in [0.4, 0.5) is 5.13 Å². The van der Waals surface area contributed by atoms with Gasteiger partial charge in [-0.25, -0.2) is 4.98 Å². The van der Waals surface area contributed by atoms with Crippen molar-refractivity contribution >= 4 is 34.1 Å². The van der Waals surface area contributed by atoms with Gasteiger partial charge in [-0.15, -0.1) is 21.5 Å². The van der Waals surface area contributed by atoms with Crippen molar-refractivity contribution in [3.05, 3.63) is 88.8 Å². The number of thiazole rings is 1. The summed E-state index contributed by atoms with van der Waals surface area (Å²) in [5.41, 5.74) is 7.38. The third kappa shape index (κ3) is 5.49. The summed E-state index contributed by atoms with van der Waals surface area (Å²) in [6, 6.07) is 21.9. The lowest BCUT2D eigenvalue weighted by atomic mass is 9.98. The summed E-state index contributed by atoms with van der Waals surface area (Å²) < 4.78 is 7.27. The summed E-state index contributed by atoms with van der Waals surface area (Å²) in [7, 11) is 1.64. The number of aromatic nitrogens is 4. The number of benzene rings is 3. The van der Waals surface area contributed by atoms with Crippen LogP contribution >= 0.6 is 23.1 Å². The second kappa shape index (κ2) is 11.2. The van der Waals surface area contributed by atoms with Crippen molar-refractivity contribution in [1.82, 2.24) is 19.7 Å². The molecule has 0 bridgehead atoms. The van der Waals surface area contributed by atoms with Crippen molar-refractivity contribution in [1.29, 1.82) is 0 Å². The van der Waals surface area contributed by atoms with E-state index in [0.717, 1.165) is 28.3 Å². The highest BCUT2D eigenvalue weighted by Gasteiger charge is 2.18. The average Bonchev–Trinajstić information content (AvgIpc) is 3.54. The Hall–Kier alpha value is -3.95. The summed E-state index contributed by atoms with van der Waals surface area (Å²) in [4.78, 5) is 17.6. The van der Waals surface area contributed by atoms with Crippen LogP contribution in [-0.2, 0) is 4.79 Å². The van der Waals surface area contributed by atoms with Gasteiger partial charge in [-0.1, -0.05) is 59.8 Å². The van der Waals surface area contributed by atoms with Crippen LogP contribution in [0, 0.1) is 20.8 Å². The molecule has 0 atom stereocenters. The molecular formula is C29H27N5O2S2. The number of anilines is 1. The molecule has 0 aliphatic carbocycles. The average molecular weight is 542 g/mol. The van der Waals surface area contributed by atoms with Crippen molar-refractivity contribution in [2.75, 3.05) is 18.2 Å². The van der Waals surface area contributed by atoms with Gasteiger partial charge >= 0.3 is 0 Å². The Morgan fingerprint density at radius 1 is 1.00 bits per heavy atom. The molecule has 0 spiro atoms. The number of nitrogens with one attached hydrogen (secondary N) is 1. The number of carbonyl (C=O) groups excluding carboxylic acids is 1. The minimum atomic E-state index is -0.154. The number of carbonyl (C=O) groups is 1. The van der Waals surface area contributed by atoms with Gasteiger partial charge in [0.1, 0.15) is 5.75 Å². The van der Waals surface area contributed by atoms with Gasteiger partial charge in [0.25, 0.3) is 0 Å². The van der Waals surface area contributed by atoms with E-state index in [9.17, 15) is 4.79 Å². The number of aryl methyl sites for hydroxylation is 3. The summed E-state index contributed by atoms with van der Waals surface area (Å²) >= 11 is 2.75. The molecule has 2 heterocycles. The first-order chi connectivity index (χ1) is 18.4.